The minimum absolute atomic E-state index is 0.188. The molecule has 1 amide bonds. The number of rotatable bonds is 6. The van der Waals surface area contributed by atoms with Crippen LogP contribution >= 0.6 is 27.3 Å². The summed E-state index contributed by atoms with van der Waals surface area (Å²) in [5.41, 5.74) is 2.71. The zero-order valence-corrected chi connectivity index (χ0v) is 17.3. The molecule has 5 nitrogen and oxygen atoms in total. The van der Waals surface area contributed by atoms with Crippen molar-refractivity contribution in [3.05, 3.63) is 69.2 Å². The summed E-state index contributed by atoms with van der Waals surface area (Å²) in [6.45, 7) is 1.92. The van der Waals surface area contributed by atoms with E-state index in [-0.39, 0.29) is 11.9 Å². The lowest BCUT2D eigenvalue weighted by molar-refractivity contribution is -0.117. The summed E-state index contributed by atoms with van der Waals surface area (Å²) < 4.78 is 6.23. The summed E-state index contributed by atoms with van der Waals surface area (Å²) >= 11 is 4.94. The number of carbonyl (C=O) groups is 1. The number of halogens is 1. The fourth-order valence-corrected chi connectivity index (χ4v) is 3.68. The van der Waals surface area contributed by atoms with Crippen molar-refractivity contribution in [3.8, 4) is 17.0 Å². The van der Waals surface area contributed by atoms with E-state index in [1.165, 1.54) is 17.4 Å². The number of methoxy groups -OCH3 is 1. The van der Waals surface area contributed by atoms with Gasteiger partial charge in [-0.2, -0.15) is 0 Å². The first-order chi connectivity index (χ1) is 13.1. The van der Waals surface area contributed by atoms with Crippen LogP contribution in [0.4, 0.5) is 0 Å². The predicted molar refractivity (Wildman–Crippen MR) is 112 cm³/mol. The van der Waals surface area contributed by atoms with Gasteiger partial charge < -0.3 is 10.1 Å². The van der Waals surface area contributed by atoms with Gasteiger partial charge in [-0.3, -0.25) is 9.78 Å². The van der Waals surface area contributed by atoms with E-state index in [0.29, 0.717) is 5.75 Å². The highest BCUT2D eigenvalue weighted by Crippen LogP contribution is 2.26. The summed E-state index contributed by atoms with van der Waals surface area (Å²) in [5.74, 6) is 0.516. The number of nitrogens with zero attached hydrogens (tertiary/aromatic N) is 2. The molecular formula is C20H18BrN3O2S. The van der Waals surface area contributed by atoms with Crippen molar-refractivity contribution in [1.29, 1.82) is 0 Å². The Kier molecular flexibility index (Phi) is 6.36. The number of pyridine rings is 1. The van der Waals surface area contributed by atoms with Gasteiger partial charge in [0.15, 0.2) is 0 Å². The van der Waals surface area contributed by atoms with E-state index in [1.807, 2.05) is 42.6 Å². The van der Waals surface area contributed by atoms with Gasteiger partial charge in [0.2, 0.25) is 5.91 Å². The third-order valence-electron chi connectivity index (χ3n) is 3.83. The van der Waals surface area contributed by atoms with E-state index in [0.717, 1.165) is 26.3 Å². The molecule has 0 aliphatic heterocycles. The van der Waals surface area contributed by atoms with E-state index in [9.17, 15) is 4.79 Å². The molecule has 1 unspecified atom stereocenters. The van der Waals surface area contributed by atoms with Crippen LogP contribution in [0.3, 0.4) is 0 Å². The highest BCUT2D eigenvalue weighted by molar-refractivity contribution is 9.10. The molecule has 0 aliphatic carbocycles. The lowest BCUT2D eigenvalue weighted by atomic mass is 10.2. The van der Waals surface area contributed by atoms with Crippen molar-refractivity contribution in [3.63, 3.8) is 0 Å². The highest BCUT2D eigenvalue weighted by atomic mass is 79.9. The Morgan fingerprint density at radius 1 is 1.30 bits per heavy atom. The summed E-state index contributed by atoms with van der Waals surface area (Å²) in [6, 6.07) is 9.27. The second-order valence-electron chi connectivity index (χ2n) is 5.76. The molecule has 0 aliphatic rings. The van der Waals surface area contributed by atoms with Crippen LogP contribution < -0.4 is 10.1 Å². The van der Waals surface area contributed by atoms with Crippen molar-refractivity contribution in [2.45, 2.75) is 13.0 Å². The van der Waals surface area contributed by atoms with E-state index in [1.54, 1.807) is 25.6 Å². The summed E-state index contributed by atoms with van der Waals surface area (Å²) in [5, 5.41) is 5.77. The smallest absolute Gasteiger partial charge is 0.244 e. The first kappa shape index (κ1) is 19.3. The summed E-state index contributed by atoms with van der Waals surface area (Å²) in [6.07, 6.45) is 6.70. The Labute approximate surface area is 170 Å². The molecule has 0 fully saturated rings. The molecule has 2 heterocycles. The molecule has 3 aromatic rings. The summed E-state index contributed by atoms with van der Waals surface area (Å²) in [4.78, 5) is 20.9. The second-order valence-corrected chi connectivity index (χ2v) is 7.56. The average molecular weight is 444 g/mol. The van der Waals surface area contributed by atoms with E-state index >= 15 is 0 Å². The van der Waals surface area contributed by atoms with Gasteiger partial charge in [-0.25, -0.2) is 4.98 Å². The maximum absolute atomic E-state index is 12.3. The molecule has 1 atom stereocenters. The van der Waals surface area contributed by atoms with Gasteiger partial charge in [0.1, 0.15) is 10.8 Å². The number of aromatic nitrogens is 2. The lowest BCUT2D eigenvalue weighted by Gasteiger charge is -2.09. The number of thiazole rings is 1. The second kappa shape index (κ2) is 8.92. The zero-order chi connectivity index (χ0) is 19.2. The third kappa shape index (κ3) is 5.02. The molecule has 0 saturated carbocycles. The van der Waals surface area contributed by atoms with Gasteiger partial charge in [0.05, 0.1) is 18.8 Å². The van der Waals surface area contributed by atoms with Gasteiger partial charge in [-0.1, -0.05) is 15.9 Å². The van der Waals surface area contributed by atoms with Crippen molar-refractivity contribution < 1.29 is 9.53 Å². The zero-order valence-electron chi connectivity index (χ0n) is 14.8. The molecule has 0 radical (unpaired) electrons. The SMILES string of the molecule is COc1ccc(Br)cc1C=CC(=O)NC(C)c1nc(-c2ccncc2)cs1. The van der Waals surface area contributed by atoms with Crippen molar-refractivity contribution in [2.24, 2.45) is 0 Å². The lowest BCUT2D eigenvalue weighted by Crippen LogP contribution is -2.24. The molecule has 7 heteroatoms. The predicted octanol–water partition coefficient (Wildman–Crippen LogP) is 4.87. The van der Waals surface area contributed by atoms with E-state index < -0.39 is 0 Å². The first-order valence-electron chi connectivity index (χ1n) is 8.25. The molecule has 0 saturated heterocycles. The van der Waals surface area contributed by atoms with E-state index in [2.05, 4.69) is 31.2 Å². The number of nitrogens with one attached hydrogen (secondary N) is 1. The third-order valence-corrected chi connectivity index (χ3v) is 5.35. The molecule has 3 rings (SSSR count). The molecule has 0 bridgehead atoms. The van der Waals surface area contributed by atoms with E-state index in [4.69, 9.17) is 4.74 Å². The fourth-order valence-electron chi connectivity index (χ4n) is 2.47. The Balaban J connectivity index is 1.66. The van der Waals surface area contributed by atoms with Crippen LogP contribution in [0.15, 0.2) is 58.7 Å². The Hall–Kier alpha value is -2.51. The minimum atomic E-state index is -0.190. The average Bonchev–Trinajstić information content (AvgIpc) is 3.17. The van der Waals surface area contributed by atoms with Crippen LogP contribution in [0.5, 0.6) is 5.75 Å². The van der Waals surface area contributed by atoms with Gasteiger partial charge in [0.25, 0.3) is 0 Å². The number of ether oxygens (including phenoxy) is 1. The van der Waals surface area contributed by atoms with Crippen LogP contribution in [0.2, 0.25) is 0 Å². The molecule has 1 aromatic carbocycles. The molecular weight excluding hydrogens is 426 g/mol. The van der Waals surface area contributed by atoms with Gasteiger partial charge in [-0.05, 0) is 43.3 Å². The molecule has 27 heavy (non-hydrogen) atoms. The number of hydrogen-bond donors (Lipinski definition) is 1. The Morgan fingerprint density at radius 2 is 2.07 bits per heavy atom. The molecule has 2 aromatic heterocycles. The maximum atomic E-state index is 12.3. The standard InChI is InChI=1S/C20H18BrN3O2S/c1-13(20-24-17(12-27-20)14-7-9-22-10-8-14)23-19(25)6-3-15-11-16(21)4-5-18(15)26-2/h3-13H,1-2H3,(H,23,25). The number of amides is 1. The van der Waals surface area contributed by atoms with Gasteiger partial charge in [0, 0.05) is 39.4 Å². The minimum Gasteiger partial charge on any atom is -0.496 e. The largest absolute Gasteiger partial charge is 0.496 e. The van der Waals surface area contributed by atoms with Crippen molar-refractivity contribution >= 4 is 39.2 Å². The quantitative estimate of drug-likeness (QED) is 0.552. The topological polar surface area (TPSA) is 64.1 Å². The van der Waals surface area contributed by atoms with Crippen LogP contribution in [0.1, 0.15) is 23.5 Å². The molecule has 138 valence electrons. The van der Waals surface area contributed by atoms with Gasteiger partial charge in [-0.15, -0.1) is 11.3 Å². The Morgan fingerprint density at radius 3 is 2.81 bits per heavy atom. The first-order valence-corrected chi connectivity index (χ1v) is 9.92. The van der Waals surface area contributed by atoms with Crippen molar-refractivity contribution in [1.82, 2.24) is 15.3 Å². The van der Waals surface area contributed by atoms with Gasteiger partial charge >= 0.3 is 0 Å². The van der Waals surface area contributed by atoms with Crippen LogP contribution in [0, 0.1) is 0 Å². The summed E-state index contributed by atoms with van der Waals surface area (Å²) in [7, 11) is 1.60. The maximum Gasteiger partial charge on any atom is 0.244 e. The monoisotopic (exact) mass is 443 g/mol. The molecule has 1 N–H and O–H groups in total. The normalized spacial score (nSPS) is 12.1. The number of benzene rings is 1. The Bertz CT molecular complexity index is 957. The number of carbonyl (C=O) groups excluding carboxylic acids is 1. The van der Waals surface area contributed by atoms with Crippen LogP contribution in [0.25, 0.3) is 17.3 Å². The van der Waals surface area contributed by atoms with Crippen LogP contribution in [-0.2, 0) is 4.79 Å². The van der Waals surface area contributed by atoms with Crippen LogP contribution in [-0.4, -0.2) is 23.0 Å². The number of hydrogen-bond acceptors (Lipinski definition) is 5. The fraction of sp³-hybridized carbons (Fsp3) is 0.150. The van der Waals surface area contributed by atoms with Crippen molar-refractivity contribution in [2.75, 3.05) is 7.11 Å². The molecule has 0 spiro atoms. The highest BCUT2D eigenvalue weighted by Gasteiger charge is 2.13.